The first kappa shape index (κ1) is 16.4. The lowest BCUT2D eigenvalue weighted by atomic mass is 9.96. The molecule has 2 heterocycles. The molecule has 0 fully saturated rings. The zero-order chi connectivity index (χ0) is 17.5. The van der Waals surface area contributed by atoms with Gasteiger partial charge in [0.2, 0.25) is 5.43 Å². The van der Waals surface area contributed by atoms with Crippen molar-refractivity contribution in [3.63, 3.8) is 0 Å². The lowest BCUT2D eigenvalue weighted by molar-refractivity contribution is -0.0790. The van der Waals surface area contributed by atoms with Gasteiger partial charge >= 0.3 is 5.97 Å². The number of nitrogens with zero attached hydrogens (tertiary/aromatic N) is 1. The van der Waals surface area contributed by atoms with Crippen molar-refractivity contribution < 1.29 is 29.2 Å². The molecule has 7 nitrogen and oxygen atoms in total. The van der Waals surface area contributed by atoms with E-state index in [4.69, 9.17) is 4.74 Å². The fourth-order valence-corrected chi connectivity index (χ4v) is 2.93. The van der Waals surface area contributed by atoms with Gasteiger partial charge in [0, 0.05) is 10.7 Å². The van der Waals surface area contributed by atoms with Gasteiger partial charge < -0.3 is 19.5 Å². The second-order valence-electron chi connectivity index (χ2n) is 5.78. The van der Waals surface area contributed by atoms with Gasteiger partial charge in [-0.05, 0) is 24.1 Å². The van der Waals surface area contributed by atoms with Crippen LogP contribution in [0.1, 0.15) is 22.8 Å². The summed E-state index contributed by atoms with van der Waals surface area (Å²) in [5.41, 5.74) is -1.36. The number of aliphatic hydroxyl groups is 2. The zero-order valence-corrected chi connectivity index (χ0v) is 12.9. The molecule has 0 radical (unpaired) electrons. The number of aliphatic hydroxyl groups excluding tert-OH is 2. The van der Waals surface area contributed by atoms with E-state index in [1.165, 1.54) is 4.57 Å². The molecule has 0 saturated heterocycles. The van der Waals surface area contributed by atoms with Crippen molar-refractivity contribution in [3.05, 3.63) is 39.7 Å². The Balaban J connectivity index is 2.48. The number of aromatic nitrogens is 1. The normalized spacial score (nSPS) is 15.2. The van der Waals surface area contributed by atoms with Gasteiger partial charge in [-0.2, -0.15) is 0 Å². The van der Waals surface area contributed by atoms with E-state index in [0.29, 0.717) is 17.7 Å². The summed E-state index contributed by atoms with van der Waals surface area (Å²) in [6, 6.07) is 3.34. The fraction of sp³-hybridized carbons (Fsp3) is 0.375. The van der Waals surface area contributed by atoms with Crippen molar-refractivity contribution in [2.75, 3.05) is 19.8 Å². The Morgan fingerprint density at radius 1 is 1.42 bits per heavy atom. The van der Waals surface area contributed by atoms with Crippen LogP contribution in [-0.2, 0) is 16.9 Å². The topological polar surface area (TPSA) is 98.0 Å². The molecule has 128 valence electrons. The number of benzene rings is 1. The van der Waals surface area contributed by atoms with E-state index in [2.05, 4.69) is 4.94 Å². The Morgan fingerprint density at radius 3 is 2.71 bits per heavy atom. The highest BCUT2D eigenvalue weighted by molar-refractivity contribution is 5.95. The first-order valence-corrected chi connectivity index (χ1v) is 7.41. The predicted molar refractivity (Wildman–Crippen MR) is 81.8 cm³/mol. The molecule has 1 aliphatic heterocycles. The summed E-state index contributed by atoms with van der Waals surface area (Å²) in [7, 11) is 0. The minimum Gasteiger partial charge on any atom is -0.489 e. The van der Waals surface area contributed by atoms with Gasteiger partial charge in [-0.1, -0.05) is 6.92 Å². The molecule has 1 aromatic carbocycles. The third-order valence-corrected chi connectivity index (χ3v) is 4.42. The quantitative estimate of drug-likeness (QED) is 0.851. The second-order valence-corrected chi connectivity index (χ2v) is 5.78. The molecule has 3 rings (SSSR count). The Morgan fingerprint density at radius 2 is 2.12 bits per heavy atom. The molecule has 0 bridgehead atoms. The molecule has 1 aromatic heterocycles. The van der Waals surface area contributed by atoms with Crippen LogP contribution in [0.25, 0.3) is 10.9 Å². The van der Waals surface area contributed by atoms with Crippen LogP contribution in [0.3, 0.4) is 0 Å². The van der Waals surface area contributed by atoms with Crippen LogP contribution in [0.15, 0.2) is 23.1 Å². The van der Waals surface area contributed by atoms with Gasteiger partial charge in [0.15, 0.2) is 0 Å². The summed E-state index contributed by atoms with van der Waals surface area (Å²) in [6.45, 7) is 0.823. The highest BCUT2D eigenvalue weighted by Gasteiger charge is 2.38. The summed E-state index contributed by atoms with van der Waals surface area (Å²) in [4.78, 5) is 27.4. The van der Waals surface area contributed by atoms with E-state index >= 15 is 0 Å². The van der Waals surface area contributed by atoms with E-state index in [1.54, 1.807) is 12.1 Å². The van der Waals surface area contributed by atoms with Gasteiger partial charge in [0.1, 0.15) is 23.5 Å². The SMILES string of the molecule is CCc1cc2c3c(c1)c(=O)c(C(=O)OF)cn3C(CO)(CO)CO2. The van der Waals surface area contributed by atoms with Gasteiger partial charge in [-0.3, -0.25) is 4.79 Å². The number of rotatable bonds is 4. The minimum atomic E-state index is -1.43. The Labute approximate surface area is 135 Å². The number of ether oxygens (including phenoxy) is 1. The zero-order valence-electron chi connectivity index (χ0n) is 12.9. The average molecular weight is 337 g/mol. The molecule has 1 aliphatic rings. The lowest BCUT2D eigenvalue weighted by Gasteiger charge is -2.38. The van der Waals surface area contributed by atoms with Crippen LogP contribution in [0, 0.1) is 0 Å². The highest BCUT2D eigenvalue weighted by atomic mass is 19.3. The largest absolute Gasteiger partial charge is 0.489 e. The van der Waals surface area contributed by atoms with Crippen molar-refractivity contribution in [3.8, 4) is 5.75 Å². The highest BCUT2D eigenvalue weighted by Crippen LogP contribution is 2.35. The first-order valence-electron chi connectivity index (χ1n) is 7.41. The maximum absolute atomic E-state index is 12.6. The van der Waals surface area contributed by atoms with E-state index in [9.17, 15) is 24.3 Å². The summed E-state index contributed by atoms with van der Waals surface area (Å²) < 4.78 is 19.4. The molecule has 0 amide bonds. The number of carbonyl (C=O) groups is 1. The fourth-order valence-electron chi connectivity index (χ4n) is 2.93. The smallest absolute Gasteiger partial charge is 0.384 e. The number of pyridine rings is 1. The second kappa shape index (κ2) is 5.88. The van der Waals surface area contributed by atoms with Crippen LogP contribution in [-0.4, -0.2) is 40.6 Å². The minimum absolute atomic E-state index is 0.0672. The van der Waals surface area contributed by atoms with Gasteiger partial charge in [0.05, 0.1) is 24.1 Å². The predicted octanol–water partition coefficient (Wildman–Crippen LogP) is 0.677. The van der Waals surface area contributed by atoms with Crippen molar-refractivity contribution in [2.24, 2.45) is 0 Å². The van der Waals surface area contributed by atoms with Gasteiger partial charge in [0.25, 0.3) is 0 Å². The van der Waals surface area contributed by atoms with Gasteiger partial charge in [-0.15, -0.1) is 0 Å². The maximum atomic E-state index is 12.6. The summed E-state index contributed by atoms with van der Waals surface area (Å²) in [6.07, 6.45) is 1.71. The molecule has 0 atom stereocenters. The summed E-state index contributed by atoms with van der Waals surface area (Å²) in [5.74, 6) is -1.02. The number of aryl methyl sites for hydroxylation is 1. The first-order chi connectivity index (χ1) is 11.5. The van der Waals surface area contributed by atoms with E-state index in [1.807, 2.05) is 6.92 Å². The van der Waals surface area contributed by atoms with Crippen LogP contribution < -0.4 is 10.2 Å². The maximum Gasteiger partial charge on any atom is 0.384 e. The molecule has 24 heavy (non-hydrogen) atoms. The third kappa shape index (κ3) is 2.18. The number of hydrogen-bond acceptors (Lipinski definition) is 6. The Hall–Kier alpha value is -2.45. The number of carbonyl (C=O) groups excluding carboxylic acids is 1. The third-order valence-electron chi connectivity index (χ3n) is 4.42. The molecule has 2 N–H and O–H groups in total. The molecule has 0 unspecified atom stereocenters. The Kier molecular flexibility index (Phi) is 4.02. The molecule has 0 spiro atoms. The van der Waals surface area contributed by atoms with Crippen molar-refractivity contribution in [2.45, 2.75) is 18.9 Å². The van der Waals surface area contributed by atoms with Crippen molar-refractivity contribution in [1.82, 2.24) is 4.57 Å². The lowest BCUT2D eigenvalue weighted by Crippen LogP contribution is -2.49. The molecule has 2 aromatic rings. The van der Waals surface area contributed by atoms with Crippen molar-refractivity contribution >= 4 is 16.9 Å². The number of hydrogen-bond donors (Lipinski definition) is 2. The molecule has 8 heteroatoms. The van der Waals surface area contributed by atoms with E-state index in [0.717, 1.165) is 11.8 Å². The average Bonchev–Trinajstić information content (AvgIpc) is 2.63. The Bertz CT molecular complexity index is 871. The molecular formula is C16H16FNO6. The van der Waals surface area contributed by atoms with Crippen LogP contribution in [0.4, 0.5) is 4.53 Å². The van der Waals surface area contributed by atoms with Crippen LogP contribution in [0.2, 0.25) is 0 Å². The van der Waals surface area contributed by atoms with Crippen LogP contribution in [0.5, 0.6) is 5.75 Å². The molecule has 0 saturated carbocycles. The monoisotopic (exact) mass is 337 g/mol. The summed E-state index contributed by atoms with van der Waals surface area (Å²) >= 11 is 0. The van der Waals surface area contributed by atoms with E-state index in [-0.39, 0.29) is 12.0 Å². The van der Waals surface area contributed by atoms with Gasteiger partial charge in [-0.25, -0.2) is 9.74 Å². The van der Waals surface area contributed by atoms with Crippen LogP contribution >= 0.6 is 0 Å². The standard InChI is InChI=1S/C16H16FNO6/c1-2-9-3-10-13-12(4-9)23-8-16(6-19,7-20)18(13)5-11(14(10)21)15(22)24-17/h3-5,19-20H,2,6-8H2,1H3. The summed E-state index contributed by atoms with van der Waals surface area (Å²) in [5, 5.41) is 19.6. The van der Waals surface area contributed by atoms with Crippen molar-refractivity contribution in [1.29, 1.82) is 0 Å². The van der Waals surface area contributed by atoms with E-state index < -0.39 is 35.7 Å². The molecular weight excluding hydrogens is 321 g/mol. The molecule has 0 aliphatic carbocycles. The number of halogens is 1.